The van der Waals surface area contributed by atoms with E-state index in [2.05, 4.69) is 0 Å². The first kappa shape index (κ1) is 19.0. The van der Waals surface area contributed by atoms with Gasteiger partial charge >= 0.3 is 11.7 Å². The number of hydrogen-bond acceptors (Lipinski definition) is 7. The fourth-order valence-electron chi connectivity index (χ4n) is 1.97. The van der Waals surface area contributed by atoms with Crippen molar-refractivity contribution in [3.8, 4) is 23.3 Å². The fraction of sp³-hybridized carbons (Fsp3) is 0.176. The summed E-state index contributed by atoms with van der Waals surface area (Å²) in [6.07, 6.45) is -0.902. The lowest BCUT2D eigenvalue weighted by atomic mass is 10.2. The van der Waals surface area contributed by atoms with Crippen molar-refractivity contribution in [2.75, 3.05) is 7.11 Å². The standard InChI is InChI=1S/C17H13ClN2O6/c1-10(9-19)25-17(21)11-3-5-15(16(7-11)24-2)26-14-6-4-12(18)8-13(14)20(22)23/h3-8,10H,1-2H3/t10-/m1/s1. The maximum absolute atomic E-state index is 12.0. The van der Waals surface area contributed by atoms with E-state index in [4.69, 9.17) is 31.1 Å². The number of rotatable bonds is 6. The zero-order valence-corrected chi connectivity index (χ0v) is 14.5. The van der Waals surface area contributed by atoms with Gasteiger partial charge in [-0.3, -0.25) is 10.1 Å². The molecule has 9 heteroatoms. The van der Waals surface area contributed by atoms with Crippen LogP contribution in [0.5, 0.6) is 17.2 Å². The molecule has 0 saturated heterocycles. The van der Waals surface area contributed by atoms with Crippen LogP contribution in [0, 0.1) is 21.4 Å². The van der Waals surface area contributed by atoms with Crippen LogP contribution < -0.4 is 9.47 Å². The smallest absolute Gasteiger partial charge is 0.339 e. The van der Waals surface area contributed by atoms with E-state index in [0.29, 0.717) is 0 Å². The predicted molar refractivity (Wildman–Crippen MR) is 91.7 cm³/mol. The molecule has 0 unspecified atom stereocenters. The summed E-state index contributed by atoms with van der Waals surface area (Å²) in [6, 6.07) is 9.91. The van der Waals surface area contributed by atoms with Crippen LogP contribution in [-0.4, -0.2) is 24.1 Å². The normalized spacial score (nSPS) is 11.2. The number of carbonyl (C=O) groups is 1. The first-order valence-corrected chi connectivity index (χ1v) is 7.64. The second-order valence-electron chi connectivity index (χ2n) is 5.01. The van der Waals surface area contributed by atoms with Gasteiger partial charge in [-0.2, -0.15) is 5.26 Å². The average molecular weight is 377 g/mol. The quantitative estimate of drug-likeness (QED) is 0.423. The Hall–Kier alpha value is -3.31. The van der Waals surface area contributed by atoms with Crippen LogP contribution >= 0.6 is 11.6 Å². The van der Waals surface area contributed by atoms with Gasteiger partial charge < -0.3 is 14.2 Å². The molecule has 26 heavy (non-hydrogen) atoms. The molecule has 2 aromatic carbocycles. The van der Waals surface area contributed by atoms with Crippen molar-refractivity contribution < 1.29 is 23.9 Å². The highest BCUT2D eigenvalue weighted by Gasteiger charge is 2.20. The van der Waals surface area contributed by atoms with Crippen molar-refractivity contribution in [1.82, 2.24) is 0 Å². The number of ether oxygens (including phenoxy) is 3. The van der Waals surface area contributed by atoms with Crippen LogP contribution in [0.15, 0.2) is 36.4 Å². The van der Waals surface area contributed by atoms with Crippen molar-refractivity contribution in [2.24, 2.45) is 0 Å². The number of nitro groups is 1. The SMILES string of the molecule is COc1cc(C(=O)O[C@H](C)C#N)ccc1Oc1ccc(Cl)cc1[N+](=O)[O-]. The lowest BCUT2D eigenvalue weighted by Crippen LogP contribution is -2.13. The molecule has 0 spiro atoms. The molecule has 2 rings (SSSR count). The summed E-state index contributed by atoms with van der Waals surface area (Å²) in [5.74, 6) is -0.427. The second kappa shape index (κ2) is 8.18. The Morgan fingerprint density at radius 3 is 2.54 bits per heavy atom. The third kappa shape index (κ3) is 4.40. The maximum Gasteiger partial charge on any atom is 0.339 e. The van der Waals surface area contributed by atoms with Crippen molar-refractivity contribution in [2.45, 2.75) is 13.0 Å². The van der Waals surface area contributed by atoms with Crippen LogP contribution in [0.3, 0.4) is 0 Å². The maximum atomic E-state index is 12.0. The fourth-order valence-corrected chi connectivity index (χ4v) is 2.14. The number of esters is 1. The molecule has 0 fully saturated rings. The molecule has 0 N–H and O–H groups in total. The van der Waals surface area contributed by atoms with Crippen LogP contribution in [0.25, 0.3) is 0 Å². The molecule has 8 nitrogen and oxygen atoms in total. The molecule has 0 heterocycles. The Bertz CT molecular complexity index is 893. The van der Waals surface area contributed by atoms with E-state index in [-0.39, 0.29) is 33.5 Å². The van der Waals surface area contributed by atoms with E-state index in [1.807, 2.05) is 0 Å². The van der Waals surface area contributed by atoms with Gasteiger partial charge in [0.25, 0.3) is 0 Å². The number of nitro benzene ring substituents is 1. The van der Waals surface area contributed by atoms with Gasteiger partial charge in [-0.15, -0.1) is 0 Å². The highest BCUT2D eigenvalue weighted by Crippen LogP contribution is 2.38. The first-order valence-electron chi connectivity index (χ1n) is 7.26. The van der Waals surface area contributed by atoms with Gasteiger partial charge in [0, 0.05) is 11.1 Å². The van der Waals surface area contributed by atoms with E-state index < -0.39 is 17.0 Å². The van der Waals surface area contributed by atoms with Crippen molar-refractivity contribution >= 4 is 23.3 Å². The third-order valence-corrected chi connectivity index (χ3v) is 3.44. The molecular formula is C17H13ClN2O6. The molecule has 0 aliphatic carbocycles. The topological polar surface area (TPSA) is 112 Å². The van der Waals surface area contributed by atoms with E-state index in [1.54, 1.807) is 6.07 Å². The molecule has 134 valence electrons. The van der Waals surface area contributed by atoms with Gasteiger partial charge in [0.2, 0.25) is 5.75 Å². The molecular weight excluding hydrogens is 364 g/mol. The minimum atomic E-state index is -0.902. The third-order valence-electron chi connectivity index (χ3n) is 3.20. The molecule has 0 aromatic heterocycles. The molecule has 0 amide bonds. The van der Waals surface area contributed by atoms with Gasteiger partial charge in [-0.05, 0) is 37.3 Å². The van der Waals surface area contributed by atoms with Crippen LogP contribution in [-0.2, 0) is 4.74 Å². The molecule has 0 bridgehead atoms. The number of nitrogens with zero attached hydrogens (tertiary/aromatic N) is 2. The van der Waals surface area contributed by atoms with Gasteiger partial charge in [0.1, 0.15) is 6.07 Å². The molecule has 0 radical (unpaired) electrons. The second-order valence-corrected chi connectivity index (χ2v) is 5.45. The Balaban J connectivity index is 2.33. The zero-order chi connectivity index (χ0) is 19.3. The number of benzene rings is 2. The summed E-state index contributed by atoms with van der Waals surface area (Å²) in [7, 11) is 1.35. The molecule has 0 saturated carbocycles. The van der Waals surface area contributed by atoms with E-state index >= 15 is 0 Å². The van der Waals surface area contributed by atoms with E-state index in [0.717, 1.165) is 0 Å². The predicted octanol–water partition coefficient (Wildman–Crippen LogP) is 4.12. The summed E-state index contributed by atoms with van der Waals surface area (Å²) < 4.78 is 15.6. The van der Waals surface area contributed by atoms with Crippen molar-refractivity contribution in [3.63, 3.8) is 0 Å². The lowest BCUT2D eigenvalue weighted by molar-refractivity contribution is -0.385. The lowest BCUT2D eigenvalue weighted by Gasteiger charge is -2.12. The van der Waals surface area contributed by atoms with Crippen LogP contribution in [0.1, 0.15) is 17.3 Å². The Labute approximate surface area is 153 Å². The van der Waals surface area contributed by atoms with Gasteiger partial charge in [-0.1, -0.05) is 11.6 Å². The van der Waals surface area contributed by atoms with Crippen LogP contribution in [0.4, 0.5) is 5.69 Å². The summed E-state index contributed by atoms with van der Waals surface area (Å²) in [6.45, 7) is 1.44. The van der Waals surface area contributed by atoms with Crippen molar-refractivity contribution in [1.29, 1.82) is 5.26 Å². The molecule has 2 aromatic rings. The van der Waals surface area contributed by atoms with Crippen molar-refractivity contribution in [3.05, 3.63) is 57.1 Å². The van der Waals surface area contributed by atoms with Gasteiger partial charge in [0.05, 0.1) is 17.6 Å². The number of methoxy groups -OCH3 is 1. The van der Waals surface area contributed by atoms with Gasteiger partial charge in [0.15, 0.2) is 17.6 Å². The minimum Gasteiger partial charge on any atom is -0.493 e. The number of halogens is 1. The Kier molecular flexibility index (Phi) is 5.98. The average Bonchev–Trinajstić information content (AvgIpc) is 2.62. The monoisotopic (exact) mass is 376 g/mol. The van der Waals surface area contributed by atoms with E-state index in [1.165, 1.54) is 50.4 Å². The van der Waals surface area contributed by atoms with E-state index in [9.17, 15) is 14.9 Å². The van der Waals surface area contributed by atoms with Crippen LogP contribution in [0.2, 0.25) is 5.02 Å². The zero-order valence-electron chi connectivity index (χ0n) is 13.8. The summed E-state index contributed by atoms with van der Waals surface area (Å²) in [5.41, 5.74) is -0.173. The Morgan fingerprint density at radius 2 is 1.92 bits per heavy atom. The largest absolute Gasteiger partial charge is 0.493 e. The number of hydrogen-bond donors (Lipinski definition) is 0. The highest BCUT2D eigenvalue weighted by atomic mass is 35.5. The van der Waals surface area contributed by atoms with Gasteiger partial charge in [-0.25, -0.2) is 4.79 Å². The molecule has 1 atom stereocenters. The Morgan fingerprint density at radius 1 is 1.23 bits per heavy atom. The summed E-state index contributed by atoms with van der Waals surface area (Å²) in [4.78, 5) is 22.5. The summed E-state index contributed by atoms with van der Waals surface area (Å²) >= 11 is 5.77. The molecule has 0 aliphatic heterocycles. The minimum absolute atomic E-state index is 0.0360. The number of nitriles is 1. The molecule has 0 aliphatic rings. The number of carbonyl (C=O) groups excluding carboxylic acids is 1. The first-order chi connectivity index (χ1) is 12.3. The summed E-state index contributed by atoms with van der Waals surface area (Å²) in [5, 5.41) is 20.0. The highest BCUT2D eigenvalue weighted by molar-refractivity contribution is 6.30.